The van der Waals surface area contributed by atoms with E-state index < -0.39 is 0 Å². The fraction of sp³-hybridized carbons (Fsp3) is 0.286. The van der Waals surface area contributed by atoms with Gasteiger partial charge in [-0.25, -0.2) is 0 Å². The van der Waals surface area contributed by atoms with Crippen LogP contribution in [0.5, 0.6) is 5.75 Å². The SMILES string of the molecule is O=C(CCN1CCOCC1)Nc1cc2c(cc1O)C(=O)c1ccccc1C2=O. The largest absolute Gasteiger partial charge is 0.506 e. The monoisotopic (exact) mass is 380 g/mol. The van der Waals surface area contributed by atoms with E-state index in [1.165, 1.54) is 12.1 Å². The zero-order chi connectivity index (χ0) is 19.7. The van der Waals surface area contributed by atoms with E-state index in [-0.39, 0.29) is 46.5 Å². The molecule has 144 valence electrons. The van der Waals surface area contributed by atoms with E-state index in [0.717, 1.165) is 13.1 Å². The number of nitrogens with zero attached hydrogens (tertiary/aromatic N) is 1. The topological polar surface area (TPSA) is 95.9 Å². The first kappa shape index (κ1) is 18.3. The number of phenols is 1. The molecule has 28 heavy (non-hydrogen) atoms. The van der Waals surface area contributed by atoms with Crippen molar-refractivity contribution in [3.05, 3.63) is 58.7 Å². The number of nitrogens with one attached hydrogen (secondary N) is 1. The molecule has 1 aliphatic carbocycles. The Balaban J connectivity index is 1.52. The van der Waals surface area contributed by atoms with Gasteiger partial charge in [-0.3, -0.25) is 19.3 Å². The van der Waals surface area contributed by atoms with Crippen molar-refractivity contribution < 1.29 is 24.2 Å². The van der Waals surface area contributed by atoms with Gasteiger partial charge in [-0.15, -0.1) is 0 Å². The number of amides is 1. The Morgan fingerprint density at radius 3 is 2.25 bits per heavy atom. The third kappa shape index (κ3) is 3.42. The molecule has 0 aromatic heterocycles. The normalized spacial score (nSPS) is 16.4. The molecule has 1 aliphatic heterocycles. The smallest absolute Gasteiger partial charge is 0.225 e. The van der Waals surface area contributed by atoms with Gasteiger partial charge in [0.25, 0.3) is 0 Å². The molecular formula is C21H20N2O5. The van der Waals surface area contributed by atoms with E-state index in [1.54, 1.807) is 24.3 Å². The Bertz CT molecular complexity index is 963. The molecule has 0 spiro atoms. The summed E-state index contributed by atoms with van der Waals surface area (Å²) in [5, 5.41) is 12.9. The first-order valence-electron chi connectivity index (χ1n) is 9.20. The van der Waals surface area contributed by atoms with Crippen molar-refractivity contribution >= 4 is 23.2 Å². The maximum atomic E-state index is 12.8. The number of benzene rings is 2. The van der Waals surface area contributed by atoms with Gasteiger partial charge in [0.2, 0.25) is 5.91 Å². The molecule has 0 radical (unpaired) electrons. The first-order chi connectivity index (χ1) is 13.5. The number of anilines is 1. The predicted molar refractivity (Wildman–Crippen MR) is 102 cm³/mol. The molecule has 2 aromatic carbocycles. The van der Waals surface area contributed by atoms with Crippen LogP contribution in [0.4, 0.5) is 5.69 Å². The van der Waals surface area contributed by atoms with Crippen LogP contribution in [0.15, 0.2) is 36.4 Å². The van der Waals surface area contributed by atoms with E-state index in [4.69, 9.17) is 4.74 Å². The second-order valence-electron chi connectivity index (χ2n) is 6.87. The van der Waals surface area contributed by atoms with Crippen LogP contribution in [0.2, 0.25) is 0 Å². The van der Waals surface area contributed by atoms with Crippen molar-refractivity contribution in [2.45, 2.75) is 6.42 Å². The van der Waals surface area contributed by atoms with Gasteiger partial charge in [-0.1, -0.05) is 24.3 Å². The maximum Gasteiger partial charge on any atom is 0.225 e. The van der Waals surface area contributed by atoms with Gasteiger partial charge in [0, 0.05) is 48.3 Å². The molecule has 4 rings (SSSR count). The van der Waals surface area contributed by atoms with Crippen molar-refractivity contribution in [2.75, 3.05) is 38.2 Å². The van der Waals surface area contributed by atoms with Crippen LogP contribution in [0, 0.1) is 0 Å². The quantitative estimate of drug-likeness (QED) is 0.671. The third-order valence-electron chi connectivity index (χ3n) is 5.07. The van der Waals surface area contributed by atoms with Crippen LogP contribution >= 0.6 is 0 Å². The molecule has 0 atom stereocenters. The lowest BCUT2D eigenvalue weighted by atomic mass is 9.83. The minimum Gasteiger partial charge on any atom is -0.506 e. The number of rotatable bonds is 4. The minimum atomic E-state index is -0.314. The highest BCUT2D eigenvalue weighted by molar-refractivity contribution is 6.28. The summed E-state index contributed by atoms with van der Waals surface area (Å²) in [6.45, 7) is 3.47. The molecule has 2 aliphatic rings. The zero-order valence-corrected chi connectivity index (χ0v) is 15.2. The predicted octanol–water partition coefficient (Wildman–Crippen LogP) is 1.83. The van der Waals surface area contributed by atoms with Gasteiger partial charge in [-0.2, -0.15) is 0 Å². The molecular weight excluding hydrogens is 360 g/mol. The number of fused-ring (bicyclic) bond motifs is 2. The molecule has 2 aromatic rings. The highest BCUT2D eigenvalue weighted by Crippen LogP contribution is 2.34. The molecule has 1 amide bonds. The number of ketones is 2. The van der Waals surface area contributed by atoms with Gasteiger partial charge < -0.3 is 15.2 Å². The second-order valence-corrected chi connectivity index (χ2v) is 6.87. The number of hydrogen-bond acceptors (Lipinski definition) is 6. The fourth-order valence-electron chi connectivity index (χ4n) is 3.53. The lowest BCUT2D eigenvalue weighted by Crippen LogP contribution is -2.38. The Kier molecular flexibility index (Phi) is 4.93. The van der Waals surface area contributed by atoms with Gasteiger partial charge >= 0.3 is 0 Å². The first-order valence-corrected chi connectivity index (χ1v) is 9.20. The molecule has 0 unspecified atom stereocenters. The van der Waals surface area contributed by atoms with E-state index in [1.807, 2.05) is 0 Å². The van der Waals surface area contributed by atoms with Crippen LogP contribution < -0.4 is 5.32 Å². The Labute approximate surface area is 161 Å². The number of morpholine rings is 1. The van der Waals surface area contributed by atoms with Crippen LogP contribution in [-0.2, 0) is 9.53 Å². The van der Waals surface area contributed by atoms with Crippen LogP contribution in [-0.4, -0.2) is 60.3 Å². The molecule has 1 fully saturated rings. The Hall–Kier alpha value is -3.03. The van der Waals surface area contributed by atoms with Gasteiger partial charge in [0.1, 0.15) is 5.75 Å². The maximum absolute atomic E-state index is 12.8. The summed E-state index contributed by atoms with van der Waals surface area (Å²) in [5.74, 6) is -1.12. The molecule has 0 saturated carbocycles. The summed E-state index contributed by atoms with van der Waals surface area (Å²) in [6.07, 6.45) is 0.256. The highest BCUT2D eigenvalue weighted by atomic mass is 16.5. The number of hydrogen-bond donors (Lipinski definition) is 2. The summed E-state index contributed by atoms with van der Waals surface area (Å²) in [4.78, 5) is 39.8. The van der Waals surface area contributed by atoms with Crippen molar-refractivity contribution in [3.8, 4) is 5.75 Å². The molecule has 0 bridgehead atoms. The minimum absolute atomic E-state index is 0.131. The molecule has 1 saturated heterocycles. The van der Waals surface area contributed by atoms with Crippen molar-refractivity contribution in [3.63, 3.8) is 0 Å². The summed E-state index contributed by atoms with van der Waals surface area (Å²) >= 11 is 0. The van der Waals surface area contributed by atoms with E-state index in [0.29, 0.717) is 30.9 Å². The van der Waals surface area contributed by atoms with E-state index >= 15 is 0 Å². The Morgan fingerprint density at radius 1 is 1.00 bits per heavy atom. The number of aromatic hydroxyl groups is 1. The molecule has 1 heterocycles. The summed E-state index contributed by atoms with van der Waals surface area (Å²) in [5.41, 5.74) is 1.11. The van der Waals surface area contributed by atoms with Crippen LogP contribution in [0.25, 0.3) is 0 Å². The van der Waals surface area contributed by atoms with Crippen LogP contribution in [0.1, 0.15) is 38.3 Å². The average molecular weight is 380 g/mol. The second kappa shape index (κ2) is 7.53. The van der Waals surface area contributed by atoms with Crippen molar-refractivity contribution in [2.24, 2.45) is 0 Å². The molecule has 7 nitrogen and oxygen atoms in total. The van der Waals surface area contributed by atoms with Gasteiger partial charge in [-0.05, 0) is 12.1 Å². The Morgan fingerprint density at radius 2 is 1.61 bits per heavy atom. The van der Waals surface area contributed by atoms with Crippen molar-refractivity contribution in [1.29, 1.82) is 0 Å². The highest BCUT2D eigenvalue weighted by Gasteiger charge is 2.30. The summed E-state index contributed by atoms with van der Waals surface area (Å²) < 4.78 is 5.28. The lowest BCUT2D eigenvalue weighted by molar-refractivity contribution is -0.116. The average Bonchev–Trinajstić information content (AvgIpc) is 2.72. The number of carbonyl (C=O) groups is 3. The fourth-order valence-corrected chi connectivity index (χ4v) is 3.53. The standard InChI is InChI=1S/C21H20N2O5/c24-18-12-16-15(20(26)13-3-1-2-4-14(13)21(16)27)11-17(18)22-19(25)5-6-23-7-9-28-10-8-23/h1-4,11-12,24H,5-10H2,(H,22,25). The van der Waals surface area contributed by atoms with Crippen molar-refractivity contribution in [1.82, 2.24) is 4.90 Å². The number of phenolic OH excluding ortho intramolecular Hbond substituents is 1. The number of carbonyl (C=O) groups excluding carboxylic acids is 3. The summed E-state index contributed by atoms with van der Waals surface area (Å²) in [7, 11) is 0. The third-order valence-corrected chi connectivity index (χ3v) is 5.07. The van der Waals surface area contributed by atoms with Crippen LogP contribution in [0.3, 0.4) is 0 Å². The number of ether oxygens (including phenoxy) is 1. The summed E-state index contributed by atoms with van der Waals surface area (Å²) in [6, 6.07) is 9.22. The molecule has 2 N–H and O–H groups in total. The van der Waals surface area contributed by atoms with E-state index in [2.05, 4.69) is 10.2 Å². The lowest BCUT2D eigenvalue weighted by Gasteiger charge is -2.26. The van der Waals surface area contributed by atoms with Gasteiger partial charge in [0.05, 0.1) is 18.9 Å². The molecule has 7 heteroatoms. The van der Waals surface area contributed by atoms with E-state index in [9.17, 15) is 19.5 Å². The van der Waals surface area contributed by atoms with Gasteiger partial charge in [0.15, 0.2) is 11.6 Å². The zero-order valence-electron chi connectivity index (χ0n) is 15.2.